The molecular weight excluding hydrogens is 397 g/mol. The van der Waals surface area contributed by atoms with E-state index in [0.29, 0.717) is 30.0 Å². The number of ether oxygens (including phenoxy) is 1. The van der Waals surface area contributed by atoms with Crippen LogP contribution in [-0.4, -0.2) is 18.5 Å². The number of nitrogens with two attached hydrogens (primary N) is 1. The van der Waals surface area contributed by atoms with Crippen LogP contribution in [0.25, 0.3) is 0 Å². The van der Waals surface area contributed by atoms with Crippen LogP contribution in [0.15, 0.2) is 78.9 Å². The quantitative estimate of drug-likeness (QED) is 0.486. The molecule has 0 spiro atoms. The number of carbonyl (C=O) groups is 2. The standard InChI is InChI=1S/C24H24FN3O3/c25-19-11-9-17(10-12-19)13-14-27-23(29)16-22(28-24(26)30)18-5-4-8-21(15-18)31-20-6-2-1-3-7-20/h1-12,15,22H,13-14,16H2,(H,27,29)(H3,26,28,30). The minimum absolute atomic E-state index is 0.0150. The SMILES string of the molecule is NC(=O)NC(CC(=O)NCCc1ccc(F)cc1)c1cccc(Oc2ccccc2)c1. The number of hydrogen-bond donors (Lipinski definition) is 3. The summed E-state index contributed by atoms with van der Waals surface area (Å²) in [6, 6.07) is 21.2. The summed E-state index contributed by atoms with van der Waals surface area (Å²) in [4.78, 5) is 23.9. The lowest BCUT2D eigenvalue weighted by molar-refractivity contribution is -0.121. The zero-order valence-corrected chi connectivity index (χ0v) is 16.9. The number of urea groups is 1. The van der Waals surface area contributed by atoms with Gasteiger partial charge in [0.2, 0.25) is 5.91 Å². The van der Waals surface area contributed by atoms with Crippen molar-refractivity contribution in [2.75, 3.05) is 6.54 Å². The molecule has 0 aliphatic carbocycles. The second-order valence-corrected chi connectivity index (χ2v) is 6.98. The van der Waals surface area contributed by atoms with Crippen molar-refractivity contribution in [3.8, 4) is 11.5 Å². The Morgan fingerprint density at radius 2 is 1.65 bits per heavy atom. The lowest BCUT2D eigenvalue weighted by Crippen LogP contribution is -2.37. The van der Waals surface area contributed by atoms with Crippen molar-refractivity contribution >= 4 is 11.9 Å². The van der Waals surface area contributed by atoms with Crippen LogP contribution < -0.4 is 21.1 Å². The average Bonchev–Trinajstić information content (AvgIpc) is 2.75. The highest BCUT2D eigenvalue weighted by molar-refractivity contribution is 5.78. The molecular formula is C24H24FN3O3. The fraction of sp³-hybridized carbons (Fsp3) is 0.167. The molecule has 3 amide bonds. The molecule has 1 unspecified atom stereocenters. The van der Waals surface area contributed by atoms with Crippen molar-refractivity contribution in [3.63, 3.8) is 0 Å². The first kappa shape index (κ1) is 21.8. The summed E-state index contributed by atoms with van der Waals surface area (Å²) >= 11 is 0. The zero-order chi connectivity index (χ0) is 22.1. The molecule has 3 rings (SSSR count). The van der Waals surface area contributed by atoms with Crippen LogP contribution in [0.4, 0.5) is 9.18 Å². The van der Waals surface area contributed by atoms with E-state index in [1.807, 2.05) is 30.3 Å². The van der Waals surface area contributed by atoms with Gasteiger partial charge in [0.25, 0.3) is 0 Å². The number of carbonyl (C=O) groups excluding carboxylic acids is 2. The van der Waals surface area contributed by atoms with Crippen molar-refractivity contribution in [3.05, 3.63) is 95.8 Å². The molecule has 0 aliphatic heterocycles. The Morgan fingerprint density at radius 3 is 2.35 bits per heavy atom. The second-order valence-electron chi connectivity index (χ2n) is 6.98. The van der Waals surface area contributed by atoms with Crippen LogP contribution in [0.1, 0.15) is 23.6 Å². The van der Waals surface area contributed by atoms with Gasteiger partial charge in [0.05, 0.1) is 12.5 Å². The number of rotatable bonds is 9. The zero-order valence-electron chi connectivity index (χ0n) is 16.9. The molecule has 31 heavy (non-hydrogen) atoms. The third kappa shape index (κ3) is 7.15. The Balaban J connectivity index is 1.61. The van der Waals surface area contributed by atoms with E-state index in [1.54, 1.807) is 36.4 Å². The minimum atomic E-state index is -0.724. The van der Waals surface area contributed by atoms with Gasteiger partial charge in [-0.3, -0.25) is 4.79 Å². The van der Waals surface area contributed by atoms with E-state index >= 15 is 0 Å². The lowest BCUT2D eigenvalue weighted by Gasteiger charge is -2.19. The number of amides is 3. The lowest BCUT2D eigenvalue weighted by atomic mass is 10.0. The van der Waals surface area contributed by atoms with Crippen molar-refractivity contribution in [1.29, 1.82) is 0 Å². The van der Waals surface area contributed by atoms with Gasteiger partial charge in [0.1, 0.15) is 17.3 Å². The Bertz CT molecular complexity index is 1010. The first-order valence-corrected chi connectivity index (χ1v) is 9.89. The van der Waals surface area contributed by atoms with Crippen LogP contribution >= 0.6 is 0 Å². The molecule has 3 aromatic carbocycles. The van der Waals surface area contributed by atoms with E-state index in [-0.39, 0.29) is 18.1 Å². The first-order valence-electron chi connectivity index (χ1n) is 9.89. The molecule has 0 saturated heterocycles. The van der Waals surface area contributed by atoms with Gasteiger partial charge in [-0.15, -0.1) is 0 Å². The van der Waals surface area contributed by atoms with E-state index in [0.717, 1.165) is 5.56 Å². The van der Waals surface area contributed by atoms with Crippen molar-refractivity contribution in [2.45, 2.75) is 18.9 Å². The number of primary amides is 1. The highest BCUT2D eigenvalue weighted by Gasteiger charge is 2.18. The molecule has 0 radical (unpaired) electrons. The van der Waals surface area contributed by atoms with Gasteiger partial charge < -0.3 is 21.1 Å². The minimum Gasteiger partial charge on any atom is -0.457 e. The summed E-state index contributed by atoms with van der Waals surface area (Å²) in [6.45, 7) is 0.394. The van der Waals surface area contributed by atoms with E-state index in [1.165, 1.54) is 12.1 Å². The van der Waals surface area contributed by atoms with E-state index in [9.17, 15) is 14.0 Å². The van der Waals surface area contributed by atoms with Crippen LogP contribution in [0.5, 0.6) is 11.5 Å². The molecule has 6 nitrogen and oxygen atoms in total. The number of benzene rings is 3. The molecule has 0 fully saturated rings. The normalized spacial score (nSPS) is 11.4. The van der Waals surface area contributed by atoms with Crippen LogP contribution in [0, 0.1) is 5.82 Å². The monoisotopic (exact) mass is 421 g/mol. The summed E-state index contributed by atoms with van der Waals surface area (Å²) in [5.74, 6) is 0.719. The summed E-state index contributed by atoms with van der Waals surface area (Å²) in [6.07, 6.45) is 0.585. The Morgan fingerprint density at radius 1 is 0.935 bits per heavy atom. The molecule has 4 N–H and O–H groups in total. The highest BCUT2D eigenvalue weighted by Crippen LogP contribution is 2.26. The fourth-order valence-electron chi connectivity index (χ4n) is 3.10. The molecule has 0 aromatic heterocycles. The maximum absolute atomic E-state index is 13.0. The number of nitrogens with one attached hydrogen (secondary N) is 2. The maximum atomic E-state index is 13.0. The molecule has 0 bridgehead atoms. The Labute approximate surface area is 180 Å². The smallest absolute Gasteiger partial charge is 0.312 e. The van der Waals surface area contributed by atoms with Crippen molar-refractivity contribution in [1.82, 2.24) is 10.6 Å². The van der Waals surface area contributed by atoms with Crippen molar-refractivity contribution < 1.29 is 18.7 Å². The molecule has 160 valence electrons. The number of halogens is 1. The molecule has 0 saturated carbocycles. The number of hydrogen-bond acceptors (Lipinski definition) is 3. The summed E-state index contributed by atoms with van der Waals surface area (Å²) in [7, 11) is 0. The van der Waals surface area contributed by atoms with E-state index in [4.69, 9.17) is 10.5 Å². The third-order valence-corrected chi connectivity index (χ3v) is 4.59. The third-order valence-electron chi connectivity index (χ3n) is 4.59. The molecule has 0 heterocycles. The van der Waals surface area contributed by atoms with Gasteiger partial charge in [-0.2, -0.15) is 0 Å². The Kier molecular flexibility index (Phi) is 7.59. The average molecular weight is 421 g/mol. The van der Waals surface area contributed by atoms with E-state index < -0.39 is 12.1 Å². The van der Waals surface area contributed by atoms with Gasteiger partial charge in [0.15, 0.2) is 0 Å². The fourth-order valence-corrected chi connectivity index (χ4v) is 3.10. The largest absolute Gasteiger partial charge is 0.457 e. The van der Waals surface area contributed by atoms with Gasteiger partial charge >= 0.3 is 6.03 Å². The maximum Gasteiger partial charge on any atom is 0.312 e. The topological polar surface area (TPSA) is 93.5 Å². The molecule has 7 heteroatoms. The van der Waals surface area contributed by atoms with Gasteiger partial charge in [-0.1, -0.05) is 42.5 Å². The second kappa shape index (κ2) is 10.8. The van der Waals surface area contributed by atoms with Crippen LogP contribution in [-0.2, 0) is 11.2 Å². The van der Waals surface area contributed by atoms with Crippen LogP contribution in [0.3, 0.4) is 0 Å². The predicted molar refractivity (Wildman–Crippen MR) is 116 cm³/mol. The summed E-state index contributed by atoms with van der Waals surface area (Å²) in [5, 5.41) is 5.43. The van der Waals surface area contributed by atoms with E-state index in [2.05, 4.69) is 10.6 Å². The Hall–Kier alpha value is -3.87. The highest BCUT2D eigenvalue weighted by atomic mass is 19.1. The summed E-state index contributed by atoms with van der Waals surface area (Å²) in [5.41, 5.74) is 6.92. The molecule has 1 atom stereocenters. The summed E-state index contributed by atoms with van der Waals surface area (Å²) < 4.78 is 18.8. The van der Waals surface area contributed by atoms with Gasteiger partial charge in [0, 0.05) is 6.54 Å². The van der Waals surface area contributed by atoms with Crippen LogP contribution in [0.2, 0.25) is 0 Å². The molecule has 0 aliphatic rings. The first-order chi connectivity index (χ1) is 15.0. The van der Waals surface area contributed by atoms with Gasteiger partial charge in [-0.05, 0) is 53.9 Å². The van der Waals surface area contributed by atoms with Gasteiger partial charge in [-0.25, -0.2) is 9.18 Å². The predicted octanol–water partition coefficient (Wildman–Crippen LogP) is 4.08. The number of para-hydroxylation sites is 1. The van der Waals surface area contributed by atoms with Crippen molar-refractivity contribution in [2.24, 2.45) is 5.73 Å². The molecule has 3 aromatic rings.